The summed E-state index contributed by atoms with van der Waals surface area (Å²) in [6.45, 7) is 7.87. The lowest BCUT2D eigenvalue weighted by Crippen LogP contribution is -2.32. The molecule has 1 aromatic carbocycles. The summed E-state index contributed by atoms with van der Waals surface area (Å²) in [5.74, 6) is 0.283. The lowest BCUT2D eigenvalue weighted by atomic mass is 10.1. The monoisotopic (exact) mass is 313 g/mol. The largest absolute Gasteiger partial charge is 0.451 e. The maximum absolute atomic E-state index is 12.0. The molecule has 1 N–H and O–H groups in total. The third-order valence-electron chi connectivity index (χ3n) is 3.90. The predicted molar refractivity (Wildman–Crippen MR) is 86.2 cm³/mol. The summed E-state index contributed by atoms with van der Waals surface area (Å²) in [6.07, 6.45) is 0.828. The number of carbonyl (C=O) groups is 1. The Morgan fingerprint density at radius 3 is 2.78 bits per heavy atom. The Kier molecular flexibility index (Phi) is 3.90. The molecule has 0 aliphatic carbocycles. The number of amides is 1. The highest BCUT2D eigenvalue weighted by molar-refractivity contribution is 5.90. The number of benzene rings is 1. The van der Waals surface area contributed by atoms with Gasteiger partial charge >= 0.3 is 11.8 Å². The topological polar surface area (TPSA) is 81.2 Å². The summed E-state index contributed by atoms with van der Waals surface area (Å²) in [6, 6.07) is 5.99. The van der Waals surface area contributed by atoms with Crippen molar-refractivity contribution in [2.75, 3.05) is 0 Å². The van der Waals surface area contributed by atoms with Crippen LogP contribution in [0.5, 0.6) is 0 Å². The predicted octanol–water partition coefficient (Wildman–Crippen LogP) is 3.63. The van der Waals surface area contributed by atoms with Gasteiger partial charge in [0, 0.05) is 17.0 Å². The van der Waals surface area contributed by atoms with E-state index >= 15 is 0 Å². The molecule has 1 unspecified atom stereocenters. The van der Waals surface area contributed by atoms with Crippen molar-refractivity contribution < 1.29 is 13.6 Å². The van der Waals surface area contributed by atoms with E-state index in [0.717, 1.165) is 28.5 Å². The minimum atomic E-state index is -0.372. The summed E-state index contributed by atoms with van der Waals surface area (Å²) < 4.78 is 11.3. The second kappa shape index (κ2) is 5.87. The van der Waals surface area contributed by atoms with Gasteiger partial charge in [-0.15, -0.1) is 10.2 Å². The first kappa shape index (κ1) is 15.3. The van der Waals surface area contributed by atoms with Gasteiger partial charge in [-0.05, 0) is 39.3 Å². The van der Waals surface area contributed by atoms with E-state index in [1.165, 1.54) is 0 Å². The molecule has 0 bridgehead atoms. The number of carbonyl (C=O) groups excluding carboxylic acids is 1. The van der Waals surface area contributed by atoms with Crippen molar-refractivity contribution >= 4 is 16.9 Å². The molecule has 120 valence electrons. The Morgan fingerprint density at radius 1 is 1.26 bits per heavy atom. The van der Waals surface area contributed by atoms with Crippen molar-refractivity contribution in [3.05, 3.63) is 35.2 Å². The molecule has 0 aliphatic rings. The molecule has 23 heavy (non-hydrogen) atoms. The van der Waals surface area contributed by atoms with Crippen LogP contribution in [0.2, 0.25) is 0 Å². The first-order chi connectivity index (χ1) is 11.0. The molecule has 2 heterocycles. The lowest BCUT2D eigenvalue weighted by Gasteiger charge is -2.08. The zero-order chi connectivity index (χ0) is 16.6. The number of furan rings is 1. The first-order valence-electron chi connectivity index (χ1n) is 7.64. The third kappa shape index (κ3) is 2.84. The number of aryl methyl sites for hydroxylation is 2. The van der Waals surface area contributed by atoms with Crippen LogP contribution < -0.4 is 5.32 Å². The van der Waals surface area contributed by atoms with Gasteiger partial charge in [0.1, 0.15) is 5.58 Å². The van der Waals surface area contributed by atoms with E-state index in [1.807, 2.05) is 45.9 Å². The van der Waals surface area contributed by atoms with Crippen LogP contribution in [0.25, 0.3) is 22.6 Å². The summed E-state index contributed by atoms with van der Waals surface area (Å²) in [7, 11) is 0. The Bertz CT molecular complexity index is 863. The van der Waals surface area contributed by atoms with Crippen LogP contribution in [0, 0.1) is 13.8 Å². The van der Waals surface area contributed by atoms with Crippen LogP contribution in [0.1, 0.15) is 42.1 Å². The van der Waals surface area contributed by atoms with Gasteiger partial charge in [0.2, 0.25) is 0 Å². The van der Waals surface area contributed by atoms with Crippen molar-refractivity contribution in [3.8, 4) is 11.7 Å². The van der Waals surface area contributed by atoms with Gasteiger partial charge in [0.25, 0.3) is 5.89 Å². The van der Waals surface area contributed by atoms with Gasteiger partial charge in [0.05, 0.1) is 0 Å². The third-order valence-corrected chi connectivity index (χ3v) is 3.90. The average Bonchev–Trinajstić information content (AvgIpc) is 3.13. The molecule has 1 atom stereocenters. The summed E-state index contributed by atoms with van der Waals surface area (Å²) >= 11 is 0. The second-order valence-corrected chi connectivity index (χ2v) is 5.75. The van der Waals surface area contributed by atoms with Gasteiger partial charge in [-0.3, -0.25) is 4.79 Å². The molecule has 6 nitrogen and oxygen atoms in total. The highest BCUT2D eigenvalue weighted by Gasteiger charge is 2.21. The van der Waals surface area contributed by atoms with Crippen molar-refractivity contribution in [3.63, 3.8) is 0 Å². The van der Waals surface area contributed by atoms with Crippen LogP contribution in [0.15, 0.2) is 27.0 Å². The quantitative estimate of drug-likeness (QED) is 0.795. The molecular formula is C17H19N3O3. The summed E-state index contributed by atoms with van der Waals surface area (Å²) in [5.41, 5.74) is 2.82. The van der Waals surface area contributed by atoms with E-state index in [0.29, 0.717) is 5.76 Å². The second-order valence-electron chi connectivity index (χ2n) is 5.75. The molecule has 3 rings (SSSR count). The molecule has 0 spiro atoms. The molecule has 0 saturated carbocycles. The zero-order valence-electron chi connectivity index (χ0n) is 13.6. The van der Waals surface area contributed by atoms with Crippen LogP contribution >= 0.6 is 0 Å². The first-order valence-corrected chi connectivity index (χ1v) is 7.64. The standard InChI is InChI=1S/C17H19N3O3/c1-5-10(3)18-15(21)17-20-19-16(23-17)14-11(4)12-8-9(2)6-7-13(12)22-14/h6-8,10H,5H2,1-4H3,(H,18,21). The number of fused-ring (bicyclic) bond motifs is 1. The number of nitrogens with zero attached hydrogens (tertiary/aromatic N) is 2. The highest BCUT2D eigenvalue weighted by atomic mass is 16.4. The molecule has 3 aromatic rings. The molecule has 0 aliphatic heterocycles. The van der Waals surface area contributed by atoms with Crippen LogP contribution in [-0.4, -0.2) is 22.1 Å². The normalized spacial score (nSPS) is 12.5. The van der Waals surface area contributed by atoms with Crippen molar-refractivity contribution in [2.45, 2.75) is 40.2 Å². The smallest absolute Gasteiger partial charge is 0.309 e. The highest BCUT2D eigenvalue weighted by Crippen LogP contribution is 2.32. The molecule has 0 radical (unpaired) electrons. The molecule has 2 aromatic heterocycles. The maximum Gasteiger partial charge on any atom is 0.309 e. The van der Waals surface area contributed by atoms with E-state index in [4.69, 9.17) is 8.83 Å². The maximum atomic E-state index is 12.0. The van der Waals surface area contributed by atoms with E-state index in [1.54, 1.807) is 0 Å². The number of rotatable bonds is 4. The van der Waals surface area contributed by atoms with Gasteiger partial charge in [-0.2, -0.15) is 0 Å². The van der Waals surface area contributed by atoms with Crippen molar-refractivity contribution in [1.82, 2.24) is 15.5 Å². The Hall–Kier alpha value is -2.63. The fourth-order valence-electron chi connectivity index (χ4n) is 2.33. The minimum absolute atomic E-state index is 0.0498. The van der Waals surface area contributed by atoms with E-state index < -0.39 is 0 Å². The Balaban J connectivity index is 1.94. The van der Waals surface area contributed by atoms with Crippen LogP contribution in [0.4, 0.5) is 0 Å². The fourth-order valence-corrected chi connectivity index (χ4v) is 2.33. The van der Waals surface area contributed by atoms with Crippen LogP contribution in [0.3, 0.4) is 0 Å². The molecule has 6 heteroatoms. The van der Waals surface area contributed by atoms with Gasteiger partial charge in [0.15, 0.2) is 5.76 Å². The number of nitrogens with one attached hydrogen (secondary N) is 1. The Morgan fingerprint density at radius 2 is 2.04 bits per heavy atom. The van der Waals surface area contributed by atoms with E-state index in [-0.39, 0.29) is 23.7 Å². The minimum Gasteiger partial charge on any atom is -0.451 e. The Labute approximate surface area is 133 Å². The number of hydrogen-bond acceptors (Lipinski definition) is 5. The van der Waals surface area contributed by atoms with E-state index in [9.17, 15) is 4.79 Å². The van der Waals surface area contributed by atoms with Crippen molar-refractivity contribution in [1.29, 1.82) is 0 Å². The molecular weight excluding hydrogens is 294 g/mol. The van der Waals surface area contributed by atoms with Gasteiger partial charge in [-0.1, -0.05) is 18.6 Å². The van der Waals surface area contributed by atoms with Gasteiger partial charge in [-0.25, -0.2) is 0 Å². The van der Waals surface area contributed by atoms with Crippen molar-refractivity contribution in [2.24, 2.45) is 0 Å². The van der Waals surface area contributed by atoms with Gasteiger partial charge < -0.3 is 14.2 Å². The van der Waals surface area contributed by atoms with Crippen LogP contribution in [-0.2, 0) is 0 Å². The SMILES string of the molecule is CCC(C)NC(=O)c1nnc(-c2oc3ccc(C)cc3c2C)o1. The average molecular weight is 313 g/mol. The molecule has 0 saturated heterocycles. The zero-order valence-corrected chi connectivity index (χ0v) is 13.6. The number of hydrogen-bond donors (Lipinski definition) is 1. The lowest BCUT2D eigenvalue weighted by molar-refractivity contribution is 0.0904. The summed E-state index contributed by atoms with van der Waals surface area (Å²) in [5, 5.41) is 11.6. The number of aromatic nitrogens is 2. The molecule has 1 amide bonds. The fraction of sp³-hybridized carbons (Fsp3) is 0.353. The molecule has 0 fully saturated rings. The van der Waals surface area contributed by atoms with E-state index in [2.05, 4.69) is 15.5 Å². The summed E-state index contributed by atoms with van der Waals surface area (Å²) in [4.78, 5) is 12.0.